The van der Waals surface area contributed by atoms with Crippen molar-refractivity contribution in [2.75, 3.05) is 11.3 Å². The Morgan fingerprint density at radius 2 is 1.83 bits per heavy atom. The molecule has 0 aromatic heterocycles. The first-order valence-corrected chi connectivity index (χ1v) is 9.11. The highest BCUT2D eigenvalue weighted by Crippen LogP contribution is 2.25. The molecule has 0 unspecified atom stereocenters. The molecule has 0 heterocycles. The maximum absolute atomic E-state index is 12.2. The maximum Gasteiger partial charge on any atom is 0.255 e. The van der Waals surface area contributed by atoms with Gasteiger partial charge in [0.2, 0.25) is 0 Å². The number of hydrogen-bond donors (Lipinski definition) is 1. The molecular weight excluding hydrogens is 334 g/mol. The van der Waals surface area contributed by atoms with Crippen LogP contribution in [0.4, 0.5) is 5.69 Å². The van der Waals surface area contributed by atoms with E-state index in [4.69, 9.17) is 16.3 Å². The standard InChI is InChI=1S/C17H18ClNO3S/c1-2-12-22-17-6-4-3-5-16(17)19-23(20,21)13-11-14-7-9-15(18)10-8-14/h3-11,13,19H,2,12H2,1H3/b13-11+. The first-order valence-electron chi connectivity index (χ1n) is 7.18. The zero-order valence-electron chi connectivity index (χ0n) is 12.7. The number of anilines is 1. The normalized spacial score (nSPS) is 11.6. The SMILES string of the molecule is CCCOc1ccccc1NS(=O)(=O)/C=C/c1ccc(Cl)cc1. The van der Waals surface area contributed by atoms with Crippen molar-refractivity contribution in [1.29, 1.82) is 0 Å². The van der Waals surface area contributed by atoms with Crippen molar-refractivity contribution in [2.24, 2.45) is 0 Å². The third-order valence-electron chi connectivity index (χ3n) is 2.91. The zero-order chi connectivity index (χ0) is 16.7. The predicted octanol–water partition coefficient (Wildman–Crippen LogP) is 4.54. The maximum atomic E-state index is 12.2. The molecule has 0 saturated carbocycles. The lowest BCUT2D eigenvalue weighted by Crippen LogP contribution is -2.10. The molecule has 23 heavy (non-hydrogen) atoms. The summed E-state index contributed by atoms with van der Waals surface area (Å²) < 4.78 is 32.4. The third kappa shape index (κ3) is 5.62. The van der Waals surface area contributed by atoms with Crippen molar-refractivity contribution in [2.45, 2.75) is 13.3 Å². The summed E-state index contributed by atoms with van der Waals surface area (Å²) in [5.74, 6) is 0.512. The number of sulfonamides is 1. The molecule has 0 radical (unpaired) electrons. The minimum absolute atomic E-state index is 0.418. The fourth-order valence-corrected chi connectivity index (χ4v) is 2.82. The Bertz CT molecular complexity index is 771. The van der Waals surface area contributed by atoms with E-state index in [1.807, 2.05) is 6.92 Å². The molecule has 122 valence electrons. The van der Waals surface area contributed by atoms with Crippen molar-refractivity contribution in [3.63, 3.8) is 0 Å². The van der Waals surface area contributed by atoms with Crippen molar-refractivity contribution >= 4 is 33.4 Å². The second-order valence-corrected chi connectivity index (χ2v) is 6.85. The smallest absolute Gasteiger partial charge is 0.255 e. The van der Waals surface area contributed by atoms with Crippen LogP contribution >= 0.6 is 11.6 Å². The van der Waals surface area contributed by atoms with E-state index in [0.29, 0.717) is 23.1 Å². The van der Waals surface area contributed by atoms with Crippen LogP contribution in [0.5, 0.6) is 5.75 Å². The molecule has 2 aromatic carbocycles. The average molecular weight is 352 g/mol. The molecule has 0 atom stereocenters. The predicted molar refractivity (Wildman–Crippen MR) is 95.3 cm³/mol. The van der Waals surface area contributed by atoms with Crippen LogP contribution < -0.4 is 9.46 Å². The number of halogens is 1. The van der Waals surface area contributed by atoms with Crippen molar-refractivity contribution in [3.05, 3.63) is 64.5 Å². The molecule has 4 nitrogen and oxygen atoms in total. The topological polar surface area (TPSA) is 55.4 Å². The highest BCUT2D eigenvalue weighted by Gasteiger charge is 2.10. The highest BCUT2D eigenvalue weighted by molar-refractivity contribution is 7.95. The molecule has 1 N–H and O–H groups in total. The summed E-state index contributed by atoms with van der Waals surface area (Å²) in [6.07, 6.45) is 2.35. The van der Waals surface area contributed by atoms with Crippen LogP contribution in [0.2, 0.25) is 5.02 Å². The Morgan fingerprint density at radius 1 is 1.13 bits per heavy atom. The molecule has 0 aliphatic rings. The van der Waals surface area contributed by atoms with Crippen LogP contribution in [0.25, 0.3) is 6.08 Å². The molecule has 0 saturated heterocycles. The first kappa shape index (κ1) is 17.4. The molecule has 0 spiro atoms. The van der Waals surface area contributed by atoms with Crippen LogP contribution in [-0.2, 0) is 10.0 Å². The summed E-state index contributed by atoms with van der Waals surface area (Å²) >= 11 is 5.80. The van der Waals surface area contributed by atoms with Gasteiger partial charge in [0, 0.05) is 5.02 Å². The van der Waals surface area contributed by atoms with Crippen LogP contribution in [0, 0.1) is 0 Å². The van der Waals surface area contributed by atoms with Gasteiger partial charge in [0.1, 0.15) is 5.75 Å². The summed E-state index contributed by atoms with van der Waals surface area (Å²) in [6, 6.07) is 13.8. The Labute approximate surface area is 141 Å². The Morgan fingerprint density at radius 3 is 2.52 bits per heavy atom. The fourth-order valence-electron chi connectivity index (χ4n) is 1.82. The lowest BCUT2D eigenvalue weighted by molar-refractivity contribution is 0.319. The van der Waals surface area contributed by atoms with E-state index in [1.54, 1.807) is 48.5 Å². The van der Waals surface area contributed by atoms with Gasteiger partial charge in [-0.1, -0.05) is 42.8 Å². The fraction of sp³-hybridized carbons (Fsp3) is 0.176. The quantitative estimate of drug-likeness (QED) is 0.796. The van der Waals surface area contributed by atoms with Gasteiger partial charge in [-0.2, -0.15) is 0 Å². The van der Waals surface area contributed by atoms with Gasteiger partial charge in [0.25, 0.3) is 10.0 Å². The van der Waals surface area contributed by atoms with Crippen molar-refractivity contribution < 1.29 is 13.2 Å². The van der Waals surface area contributed by atoms with Gasteiger partial charge in [-0.3, -0.25) is 4.72 Å². The van der Waals surface area contributed by atoms with Gasteiger partial charge in [0.05, 0.1) is 17.7 Å². The summed E-state index contributed by atoms with van der Waals surface area (Å²) in [5.41, 5.74) is 1.16. The highest BCUT2D eigenvalue weighted by atomic mass is 35.5. The van der Waals surface area contributed by atoms with Gasteiger partial charge >= 0.3 is 0 Å². The Balaban J connectivity index is 2.13. The van der Waals surface area contributed by atoms with Crippen molar-refractivity contribution in [1.82, 2.24) is 0 Å². The van der Waals surface area contributed by atoms with Gasteiger partial charge < -0.3 is 4.74 Å². The molecule has 2 aromatic rings. The minimum Gasteiger partial charge on any atom is -0.491 e. The number of hydrogen-bond acceptors (Lipinski definition) is 3. The molecule has 0 bridgehead atoms. The molecule has 6 heteroatoms. The summed E-state index contributed by atoms with van der Waals surface area (Å²) in [6.45, 7) is 2.51. The third-order valence-corrected chi connectivity index (χ3v) is 4.16. The van der Waals surface area contributed by atoms with Crippen molar-refractivity contribution in [3.8, 4) is 5.75 Å². The summed E-state index contributed by atoms with van der Waals surface area (Å²) in [7, 11) is -3.63. The number of ether oxygens (including phenoxy) is 1. The van der Waals surface area contributed by atoms with Gasteiger partial charge in [-0.05, 0) is 42.3 Å². The van der Waals surface area contributed by atoms with Crippen LogP contribution in [-0.4, -0.2) is 15.0 Å². The van der Waals surface area contributed by atoms with E-state index >= 15 is 0 Å². The number of nitrogens with one attached hydrogen (secondary N) is 1. The van der Waals surface area contributed by atoms with Gasteiger partial charge in [-0.15, -0.1) is 0 Å². The monoisotopic (exact) mass is 351 g/mol. The molecule has 0 fully saturated rings. The van der Waals surface area contributed by atoms with E-state index in [0.717, 1.165) is 17.4 Å². The Hall–Kier alpha value is -1.98. The van der Waals surface area contributed by atoms with E-state index in [9.17, 15) is 8.42 Å². The van der Waals surface area contributed by atoms with E-state index in [1.165, 1.54) is 6.08 Å². The van der Waals surface area contributed by atoms with E-state index in [-0.39, 0.29) is 0 Å². The van der Waals surface area contributed by atoms with Crippen LogP contribution in [0.1, 0.15) is 18.9 Å². The van der Waals surface area contributed by atoms with Crippen LogP contribution in [0.3, 0.4) is 0 Å². The molecule has 0 aliphatic carbocycles. The zero-order valence-corrected chi connectivity index (χ0v) is 14.3. The number of benzene rings is 2. The summed E-state index contributed by atoms with van der Waals surface area (Å²) in [5, 5.41) is 1.72. The lowest BCUT2D eigenvalue weighted by Gasteiger charge is -2.11. The number of rotatable bonds is 7. The van der Waals surface area contributed by atoms with Gasteiger partial charge in [0.15, 0.2) is 0 Å². The Kier molecular flexibility index (Phi) is 6.07. The molecule has 2 rings (SSSR count). The summed E-state index contributed by atoms with van der Waals surface area (Å²) in [4.78, 5) is 0. The first-order chi connectivity index (χ1) is 11.0. The number of para-hydroxylation sites is 2. The van der Waals surface area contributed by atoms with E-state index in [2.05, 4.69) is 4.72 Å². The van der Waals surface area contributed by atoms with Gasteiger partial charge in [-0.25, -0.2) is 8.42 Å². The second-order valence-electron chi connectivity index (χ2n) is 4.85. The van der Waals surface area contributed by atoms with Crippen LogP contribution in [0.15, 0.2) is 53.9 Å². The molecule has 0 amide bonds. The largest absolute Gasteiger partial charge is 0.491 e. The van der Waals surface area contributed by atoms with E-state index < -0.39 is 10.0 Å². The molecular formula is C17H18ClNO3S. The lowest BCUT2D eigenvalue weighted by atomic mass is 10.2. The average Bonchev–Trinajstić information content (AvgIpc) is 2.53. The second kappa shape index (κ2) is 8.04. The molecule has 0 aliphatic heterocycles. The minimum atomic E-state index is -3.63.